The van der Waals surface area contributed by atoms with E-state index < -0.39 is 0 Å². The smallest absolute Gasteiger partial charge is 0.253 e. The molecule has 0 aromatic heterocycles. The van der Waals surface area contributed by atoms with Gasteiger partial charge in [0.1, 0.15) is 0 Å². The highest BCUT2D eigenvalue weighted by Crippen LogP contribution is 2.19. The van der Waals surface area contributed by atoms with Gasteiger partial charge in [0.15, 0.2) is 0 Å². The van der Waals surface area contributed by atoms with Crippen molar-refractivity contribution in [1.82, 2.24) is 4.90 Å². The Labute approximate surface area is 112 Å². The molecule has 2 rings (SSSR count). The number of halogens is 1. The van der Waals surface area contributed by atoms with Crippen molar-refractivity contribution >= 4 is 17.5 Å². The van der Waals surface area contributed by atoms with E-state index in [1.807, 2.05) is 36.1 Å². The monoisotopic (exact) mass is 267 g/mol. The number of carbonyl (C=O) groups is 1. The van der Waals surface area contributed by atoms with E-state index in [1.165, 1.54) is 0 Å². The number of hydrogen-bond donors (Lipinski definition) is 1. The fourth-order valence-electron chi connectivity index (χ4n) is 2.29. The van der Waals surface area contributed by atoms with Crippen LogP contribution in [0, 0.1) is 5.92 Å². The predicted molar refractivity (Wildman–Crippen MR) is 71.7 cm³/mol. The molecule has 4 heteroatoms. The first-order chi connectivity index (χ1) is 8.61. The van der Waals surface area contributed by atoms with Crippen molar-refractivity contribution in [2.45, 2.75) is 25.3 Å². The number of piperidine rings is 1. The molecule has 0 radical (unpaired) electrons. The van der Waals surface area contributed by atoms with E-state index in [2.05, 4.69) is 0 Å². The van der Waals surface area contributed by atoms with Crippen LogP contribution in [-0.2, 0) is 5.88 Å². The molecule has 1 amide bonds. The van der Waals surface area contributed by atoms with E-state index in [-0.39, 0.29) is 17.9 Å². The maximum absolute atomic E-state index is 12.3. The normalized spacial score (nSPS) is 24.1. The molecule has 1 heterocycles. The van der Waals surface area contributed by atoms with Crippen LogP contribution in [0.25, 0.3) is 0 Å². The second-order valence-corrected chi connectivity index (χ2v) is 5.19. The summed E-state index contributed by atoms with van der Waals surface area (Å²) in [7, 11) is 0. The van der Waals surface area contributed by atoms with Crippen molar-refractivity contribution in [1.29, 1.82) is 0 Å². The molecular formula is C14H18ClNO2. The zero-order chi connectivity index (χ0) is 13.1. The minimum atomic E-state index is -0.289. The Morgan fingerprint density at radius 3 is 3.00 bits per heavy atom. The van der Waals surface area contributed by atoms with Crippen LogP contribution < -0.4 is 0 Å². The van der Waals surface area contributed by atoms with E-state index in [4.69, 9.17) is 11.6 Å². The second-order valence-electron chi connectivity index (χ2n) is 4.92. The van der Waals surface area contributed by atoms with Crippen molar-refractivity contribution in [3.63, 3.8) is 0 Å². The minimum absolute atomic E-state index is 0.0284. The largest absolute Gasteiger partial charge is 0.393 e. The molecule has 0 aliphatic carbocycles. The zero-order valence-electron chi connectivity index (χ0n) is 10.5. The Morgan fingerprint density at radius 2 is 2.33 bits per heavy atom. The van der Waals surface area contributed by atoms with Crippen LogP contribution in [0.1, 0.15) is 29.3 Å². The standard InChI is InChI=1S/C14H18ClNO2/c1-10-9-16(6-5-13(10)17)14(18)12-4-2-3-11(7-12)8-15/h2-4,7,10,13,17H,5-6,8-9H2,1H3. The van der Waals surface area contributed by atoms with Crippen molar-refractivity contribution in [3.05, 3.63) is 35.4 Å². The molecule has 1 aromatic rings. The first kappa shape index (κ1) is 13.4. The molecule has 1 aromatic carbocycles. The van der Waals surface area contributed by atoms with Crippen molar-refractivity contribution in [3.8, 4) is 0 Å². The molecule has 1 aliphatic rings. The maximum atomic E-state index is 12.3. The van der Waals surface area contributed by atoms with Gasteiger partial charge in [0.05, 0.1) is 6.10 Å². The van der Waals surface area contributed by atoms with Crippen LogP contribution in [0.3, 0.4) is 0 Å². The Hall–Kier alpha value is -1.06. The molecule has 18 heavy (non-hydrogen) atoms. The molecule has 3 nitrogen and oxygen atoms in total. The lowest BCUT2D eigenvalue weighted by Gasteiger charge is -2.34. The third kappa shape index (κ3) is 2.85. The Bertz CT molecular complexity index is 436. The summed E-state index contributed by atoms with van der Waals surface area (Å²) in [5, 5.41) is 9.67. The second kappa shape index (κ2) is 5.72. The molecule has 2 atom stereocenters. The highest BCUT2D eigenvalue weighted by atomic mass is 35.5. The summed E-state index contributed by atoms with van der Waals surface area (Å²) in [6, 6.07) is 7.42. The molecule has 1 N–H and O–H groups in total. The van der Waals surface area contributed by atoms with Gasteiger partial charge in [-0.1, -0.05) is 19.1 Å². The van der Waals surface area contributed by atoms with Crippen molar-refractivity contribution < 1.29 is 9.90 Å². The van der Waals surface area contributed by atoms with Crippen LogP contribution >= 0.6 is 11.6 Å². The van der Waals surface area contributed by atoms with E-state index >= 15 is 0 Å². The SMILES string of the molecule is CC1CN(C(=O)c2cccc(CCl)c2)CCC1O. The van der Waals surface area contributed by atoms with Crippen molar-refractivity contribution in [2.75, 3.05) is 13.1 Å². The minimum Gasteiger partial charge on any atom is -0.393 e. The average Bonchev–Trinajstić information content (AvgIpc) is 2.41. The molecule has 0 bridgehead atoms. The molecule has 0 spiro atoms. The van der Waals surface area contributed by atoms with Gasteiger partial charge in [-0.15, -0.1) is 11.6 Å². The predicted octanol–water partition coefficient (Wildman–Crippen LogP) is 2.27. The van der Waals surface area contributed by atoms with Crippen LogP contribution in [0.5, 0.6) is 0 Å². The number of nitrogens with zero attached hydrogens (tertiary/aromatic N) is 1. The fourth-order valence-corrected chi connectivity index (χ4v) is 2.45. The van der Waals surface area contributed by atoms with E-state index in [0.29, 0.717) is 31.0 Å². The Morgan fingerprint density at radius 1 is 1.56 bits per heavy atom. The van der Waals surface area contributed by atoms with E-state index in [9.17, 15) is 9.90 Å². The first-order valence-electron chi connectivity index (χ1n) is 6.24. The average molecular weight is 268 g/mol. The third-order valence-corrected chi connectivity index (χ3v) is 3.78. The van der Waals surface area contributed by atoms with Crippen molar-refractivity contribution in [2.24, 2.45) is 5.92 Å². The lowest BCUT2D eigenvalue weighted by atomic mass is 9.96. The number of aliphatic hydroxyl groups excluding tert-OH is 1. The summed E-state index contributed by atoms with van der Waals surface area (Å²) in [6.45, 7) is 3.21. The molecule has 1 saturated heterocycles. The fraction of sp³-hybridized carbons (Fsp3) is 0.500. The highest BCUT2D eigenvalue weighted by molar-refractivity contribution is 6.17. The summed E-state index contributed by atoms with van der Waals surface area (Å²) in [6.07, 6.45) is 0.366. The maximum Gasteiger partial charge on any atom is 0.253 e. The molecule has 0 saturated carbocycles. The molecule has 98 valence electrons. The van der Waals surface area contributed by atoms with E-state index in [0.717, 1.165) is 5.56 Å². The summed E-state index contributed by atoms with van der Waals surface area (Å²) in [4.78, 5) is 14.1. The number of benzene rings is 1. The summed E-state index contributed by atoms with van der Waals surface area (Å²) in [5.41, 5.74) is 1.63. The lowest BCUT2D eigenvalue weighted by Crippen LogP contribution is -2.44. The topological polar surface area (TPSA) is 40.5 Å². The number of hydrogen-bond acceptors (Lipinski definition) is 2. The number of alkyl halides is 1. The van der Waals surface area contributed by atoms with E-state index in [1.54, 1.807) is 0 Å². The Kier molecular flexibility index (Phi) is 4.25. The van der Waals surface area contributed by atoms with Gasteiger partial charge in [0, 0.05) is 24.5 Å². The highest BCUT2D eigenvalue weighted by Gasteiger charge is 2.27. The first-order valence-corrected chi connectivity index (χ1v) is 6.77. The van der Waals surface area contributed by atoms with Gasteiger partial charge in [-0.2, -0.15) is 0 Å². The zero-order valence-corrected chi connectivity index (χ0v) is 11.2. The van der Waals surface area contributed by atoms with Gasteiger partial charge >= 0.3 is 0 Å². The molecule has 1 aliphatic heterocycles. The van der Waals surface area contributed by atoms with Crippen LogP contribution in [0.15, 0.2) is 24.3 Å². The van der Waals surface area contributed by atoms with Gasteiger partial charge in [-0.25, -0.2) is 0 Å². The molecule has 1 fully saturated rings. The number of amides is 1. The quantitative estimate of drug-likeness (QED) is 0.835. The molecular weight excluding hydrogens is 250 g/mol. The van der Waals surface area contributed by atoms with Gasteiger partial charge in [0.25, 0.3) is 5.91 Å². The third-order valence-electron chi connectivity index (χ3n) is 3.48. The summed E-state index contributed by atoms with van der Waals surface area (Å²) < 4.78 is 0. The van der Waals surface area contributed by atoms with Gasteiger partial charge in [-0.3, -0.25) is 4.79 Å². The van der Waals surface area contributed by atoms with Gasteiger partial charge in [-0.05, 0) is 30.0 Å². The van der Waals surface area contributed by atoms with Crippen LogP contribution in [0.2, 0.25) is 0 Å². The number of aliphatic hydroxyl groups is 1. The number of likely N-dealkylation sites (tertiary alicyclic amines) is 1. The molecule has 2 unspecified atom stereocenters. The van der Waals surface area contributed by atoms with Gasteiger partial charge in [0.2, 0.25) is 0 Å². The number of rotatable bonds is 2. The number of carbonyl (C=O) groups excluding carboxylic acids is 1. The Balaban J connectivity index is 2.11. The van der Waals surface area contributed by atoms with Crippen LogP contribution in [0.4, 0.5) is 0 Å². The lowest BCUT2D eigenvalue weighted by molar-refractivity contribution is 0.0297. The van der Waals surface area contributed by atoms with Crippen LogP contribution in [-0.4, -0.2) is 35.1 Å². The van der Waals surface area contributed by atoms with Gasteiger partial charge < -0.3 is 10.0 Å². The summed E-state index contributed by atoms with van der Waals surface area (Å²) in [5.74, 6) is 0.579. The summed E-state index contributed by atoms with van der Waals surface area (Å²) >= 11 is 5.77.